The average Bonchev–Trinajstić information content (AvgIpc) is 2.40. The first-order valence-electron chi connectivity index (χ1n) is 6.18. The van der Waals surface area contributed by atoms with Crippen LogP contribution in [0.25, 0.3) is 11.1 Å². The first-order valence-corrected chi connectivity index (χ1v) is 6.18. The van der Waals surface area contributed by atoms with Gasteiger partial charge in [-0.15, -0.1) is 0 Å². The Labute approximate surface area is 108 Å². The molecule has 0 amide bonds. The van der Waals surface area contributed by atoms with Gasteiger partial charge in [0.25, 0.3) is 0 Å². The summed E-state index contributed by atoms with van der Waals surface area (Å²) in [5.41, 5.74) is 10.4. The summed E-state index contributed by atoms with van der Waals surface area (Å²) in [6.45, 7) is 2.78. The monoisotopic (exact) mass is 241 g/mol. The molecule has 0 atom stereocenters. The molecule has 2 heteroatoms. The molecule has 2 aromatic carbocycles. The molecular weight excluding hydrogens is 222 g/mol. The first kappa shape index (κ1) is 12.7. The molecule has 0 aromatic heterocycles. The minimum Gasteiger partial charge on any atom is -0.496 e. The summed E-state index contributed by atoms with van der Waals surface area (Å²) < 4.78 is 5.41. The molecule has 2 rings (SSSR count). The number of benzene rings is 2. The van der Waals surface area contributed by atoms with E-state index in [1.165, 1.54) is 16.7 Å². The quantitative estimate of drug-likeness (QED) is 0.892. The highest BCUT2D eigenvalue weighted by Gasteiger charge is 2.05. The van der Waals surface area contributed by atoms with Crippen LogP contribution in [0.15, 0.2) is 42.5 Å². The maximum absolute atomic E-state index is 5.56. The number of nitrogens with two attached hydrogens (primary N) is 1. The largest absolute Gasteiger partial charge is 0.496 e. The maximum Gasteiger partial charge on any atom is 0.126 e. The van der Waals surface area contributed by atoms with Crippen LogP contribution >= 0.6 is 0 Å². The lowest BCUT2D eigenvalue weighted by Gasteiger charge is -2.10. The number of ether oxygens (including phenoxy) is 1. The van der Waals surface area contributed by atoms with E-state index in [2.05, 4.69) is 43.3 Å². The molecule has 0 saturated carbocycles. The summed E-state index contributed by atoms with van der Waals surface area (Å²) in [6, 6.07) is 14.7. The summed E-state index contributed by atoms with van der Waals surface area (Å²) in [7, 11) is 1.71. The van der Waals surface area contributed by atoms with E-state index in [0.717, 1.165) is 17.7 Å². The smallest absolute Gasteiger partial charge is 0.126 e. The van der Waals surface area contributed by atoms with E-state index < -0.39 is 0 Å². The van der Waals surface area contributed by atoms with Crippen molar-refractivity contribution in [1.29, 1.82) is 0 Å². The molecule has 2 nitrogen and oxygen atoms in total. The van der Waals surface area contributed by atoms with E-state index in [1.54, 1.807) is 7.11 Å². The summed E-state index contributed by atoms with van der Waals surface area (Å²) in [6.07, 6.45) is 0.922. The van der Waals surface area contributed by atoms with Gasteiger partial charge in [-0.1, -0.05) is 35.9 Å². The minimum atomic E-state index is 0.688. The van der Waals surface area contributed by atoms with Crippen molar-refractivity contribution < 1.29 is 4.74 Å². The van der Waals surface area contributed by atoms with Gasteiger partial charge >= 0.3 is 0 Å². The van der Waals surface area contributed by atoms with Gasteiger partial charge in [0, 0.05) is 5.56 Å². The third-order valence-corrected chi connectivity index (χ3v) is 3.05. The molecule has 0 aliphatic carbocycles. The molecule has 94 valence electrons. The Morgan fingerprint density at radius 3 is 2.39 bits per heavy atom. The van der Waals surface area contributed by atoms with Crippen LogP contribution in [0, 0.1) is 6.92 Å². The summed E-state index contributed by atoms with van der Waals surface area (Å²) in [5.74, 6) is 0.909. The Kier molecular flexibility index (Phi) is 4.00. The summed E-state index contributed by atoms with van der Waals surface area (Å²) in [5, 5.41) is 0. The third kappa shape index (κ3) is 2.71. The normalized spacial score (nSPS) is 10.4. The zero-order valence-corrected chi connectivity index (χ0v) is 10.9. The van der Waals surface area contributed by atoms with Crippen molar-refractivity contribution in [2.75, 3.05) is 13.7 Å². The van der Waals surface area contributed by atoms with Crippen molar-refractivity contribution in [2.45, 2.75) is 13.3 Å². The van der Waals surface area contributed by atoms with Crippen LogP contribution in [0.2, 0.25) is 0 Å². The van der Waals surface area contributed by atoms with E-state index in [1.807, 2.05) is 6.07 Å². The van der Waals surface area contributed by atoms with Gasteiger partial charge in [0.2, 0.25) is 0 Å². The van der Waals surface area contributed by atoms with Crippen LogP contribution in [0.4, 0.5) is 0 Å². The summed E-state index contributed by atoms with van der Waals surface area (Å²) in [4.78, 5) is 0. The predicted molar refractivity (Wildman–Crippen MR) is 75.9 cm³/mol. The van der Waals surface area contributed by atoms with Gasteiger partial charge in [-0.05, 0) is 43.1 Å². The van der Waals surface area contributed by atoms with Crippen molar-refractivity contribution in [3.8, 4) is 16.9 Å². The van der Waals surface area contributed by atoms with Crippen molar-refractivity contribution in [3.63, 3.8) is 0 Å². The second kappa shape index (κ2) is 5.69. The molecule has 18 heavy (non-hydrogen) atoms. The molecule has 0 spiro atoms. The lowest BCUT2D eigenvalue weighted by molar-refractivity contribution is 0.416. The maximum atomic E-state index is 5.56. The van der Waals surface area contributed by atoms with Crippen molar-refractivity contribution in [3.05, 3.63) is 53.6 Å². The molecule has 2 N–H and O–H groups in total. The zero-order valence-electron chi connectivity index (χ0n) is 10.9. The van der Waals surface area contributed by atoms with Gasteiger partial charge in [0.05, 0.1) is 7.11 Å². The molecule has 0 bridgehead atoms. The van der Waals surface area contributed by atoms with E-state index in [0.29, 0.717) is 6.54 Å². The molecular formula is C16H19NO. The Morgan fingerprint density at radius 1 is 1.06 bits per heavy atom. The van der Waals surface area contributed by atoms with Gasteiger partial charge in [-0.2, -0.15) is 0 Å². The standard InChI is InChI=1S/C16H19NO/c1-12-3-8-16(18-2)15(11-12)14-6-4-13(5-7-14)9-10-17/h3-8,11H,9-10,17H2,1-2H3. The van der Waals surface area contributed by atoms with E-state index in [-0.39, 0.29) is 0 Å². The minimum absolute atomic E-state index is 0.688. The second-order valence-corrected chi connectivity index (χ2v) is 4.44. The third-order valence-electron chi connectivity index (χ3n) is 3.05. The van der Waals surface area contributed by atoms with Crippen molar-refractivity contribution >= 4 is 0 Å². The Balaban J connectivity index is 2.38. The topological polar surface area (TPSA) is 35.2 Å². The van der Waals surface area contributed by atoms with Gasteiger partial charge in [0.15, 0.2) is 0 Å². The number of methoxy groups -OCH3 is 1. The number of aryl methyl sites for hydroxylation is 1. The van der Waals surface area contributed by atoms with Crippen LogP contribution < -0.4 is 10.5 Å². The lowest BCUT2D eigenvalue weighted by atomic mass is 10.0. The van der Waals surface area contributed by atoms with E-state index in [9.17, 15) is 0 Å². The van der Waals surface area contributed by atoms with Crippen LogP contribution in [0.5, 0.6) is 5.75 Å². The average molecular weight is 241 g/mol. The highest BCUT2D eigenvalue weighted by Crippen LogP contribution is 2.30. The highest BCUT2D eigenvalue weighted by atomic mass is 16.5. The number of rotatable bonds is 4. The van der Waals surface area contributed by atoms with Crippen molar-refractivity contribution in [2.24, 2.45) is 5.73 Å². The fraction of sp³-hybridized carbons (Fsp3) is 0.250. The SMILES string of the molecule is COc1ccc(C)cc1-c1ccc(CCN)cc1. The molecule has 0 heterocycles. The highest BCUT2D eigenvalue weighted by molar-refractivity contribution is 5.71. The Hall–Kier alpha value is -1.80. The van der Waals surface area contributed by atoms with Gasteiger partial charge in [-0.3, -0.25) is 0 Å². The fourth-order valence-electron chi connectivity index (χ4n) is 2.07. The van der Waals surface area contributed by atoms with Gasteiger partial charge in [0.1, 0.15) is 5.75 Å². The van der Waals surface area contributed by atoms with Crippen molar-refractivity contribution in [1.82, 2.24) is 0 Å². The fourth-order valence-corrected chi connectivity index (χ4v) is 2.07. The first-order chi connectivity index (χ1) is 8.74. The number of hydrogen-bond acceptors (Lipinski definition) is 2. The van der Waals surface area contributed by atoms with Crippen LogP contribution in [0.1, 0.15) is 11.1 Å². The Bertz CT molecular complexity index is 517. The van der Waals surface area contributed by atoms with Crippen LogP contribution in [-0.4, -0.2) is 13.7 Å². The molecule has 2 aromatic rings. The lowest BCUT2D eigenvalue weighted by Crippen LogP contribution is -2.02. The second-order valence-electron chi connectivity index (χ2n) is 4.44. The molecule has 0 unspecified atom stereocenters. The van der Waals surface area contributed by atoms with E-state index in [4.69, 9.17) is 10.5 Å². The Morgan fingerprint density at radius 2 is 1.78 bits per heavy atom. The zero-order chi connectivity index (χ0) is 13.0. The molecule has 0 saturated heterocycles. The molecule has 0 aliphatic heterocycles. The van der Waals surface area contributed by atoms with Crippen LogP contribution in [-0.2, 0) is 6.42 Å². The summed E-state index contributed by atoms with van der Waals surface area (Å²) >= 11 is 0. The molecule has 0 radical (unpaired) electrons. The predicted octanol–water partition coefficient (Wildman–Crippen LogP) is 3.17. The van der Waals surface area contributed by atoms with E-state index >= 15 is 0 Å². The van der Waals surface area contributed by atoms with Crippen LogP contribution in [0.3, 0.4) is 0 Å². The molecule has 0 fully saturated rings. The van der Waals surface area contributed by atoms with Gasteiger partial charge in [-0.25, -0.2) is 0 Å². The number of hydrogen-bond donors (Lipinski definition) is 1. The molecule has 0 aliphatic rings. The van der Waals surface area contributed by atoms with Gasteiger partial charge < -0.3 is 10.5 Å².